The lowest BCUT2D eigenvalue weighted by molar-refractivity contribution is -0.138. The van der Waals surface area contributed by atoms with Gasteiger partial charge in [-0.05, 0) is 56.9 Å². The van der Waals surface area contributed by atoms with Gasteiger partial charge in [-0.3, -0.25) is 9.59 Å². The molecule has 0 fully saturated rings. The third-order valence-corrected chi connectivity index (χ3v) is 5.91. The molecule has 0 spiro atoms. The van der Waals surface area contributed by atoms with E-state index < -0.39 is 6.04 Å². The summed E-state index contributed by atoms with van der Waals surface area (Å²) in [5.41, 5.74) is 4.65. The van der Waals surface area contributed by atoms with Gasteiger partial charge in [0.05, 0.1) is 5.75 Å². The predicted molar refractivity (Wildman–Crippen MR) is 122 cm³/mol. The van der Waals surface area contributed by atoms with Crippen molar-refractivity contribution in [2.75, 3.05) is 5.75 Å². The second-order valence-corrected chi connectivity index (χ2v) is 8.69. The van der Waals surface area contributed by atoms with E-state index in [1.165, 1.54) is 11.1 Å². The van der Waals surface area contributed by atoms with Gasteiger partial charge in [0.1, 0.15) is 6.04 Å². The Morgan fingerprint density at radius 2 is 1.48 bits per heavy atom. The standard InChI is InChI=1S/C24H32N2O2S/c1-17(2)25-24(28)20(5)26(14-21-12-8-6-10-18(21)3)23(27)16-29-15-22-13-9-7-11-19(22)4/h6-13,17,20H,14-16H2,1-5H3,(H,25,28)/t20-/m0/s1. The summed E-state index contributed by atoms with van der Waals surface area (Å²) in [5, 5.41) is 2.93. The number of rotatable bonds is 9. The number of carbonyl (C=O) groups is 2. The van der Waals surface area contributed by atoms with Crippen molar-refractivity contribution < 1.29 is 9.59 Å². The van der Waals surface area contributed by atoms with E-state index in [9.17, 15) is 9.59 Å². The molecule has 0 heterocycles. The highest BCUT2D eigenvalue weighted by Crippen LogP contribution is 2.19. The van der Waals surface area contributed by atoms with Crippen molar-refractivity contribution >= 4 is 23.6 Å². The minimum absolute atomic E-state index is 0.0155. The molecular formula is C24H32N2O2S. The zero-order chi connectivity index (χ0) is 21.4. The fraction of sp³-hybridized carbons (Fsp3) is 0.417. The van der Waals surface area contributed by atoms with E-state index in [-0.39, 0.29) is 17.9 Å². The molecule has 1 N–H and O–H groups in total. The lowest BCUT2D eigenvalue weighted by atomic mass is 10.1. The van der Waals surface area contributed by atoms with Crippen LogP contribution in [0.5, 0.6) is 0 Å². The van der Waals surface area contributed by atoms with Crippen LogP contribution in [0.3, 0.4) is 0 Å². The largest absolute Gasteiger partial charge is 0.352 e. The van der Waals surface area contributed by atoms with Crippen LogP contribution in [0, 0.1) is 13.8 Å². The number of nitrogens with zero attached hydrogens (tertiary/aromatic N) is 1. The summed E-state index contributed by atoms with van der Waals surface area (Å²) in [6.07, 6.45) is 0. The fourth-order valence-electron chi connectivity index (χ4n) is 3.06. The molecule has 0 unspecified atom stereocenters. The van der Waals surface area contributed by atoms with E-state index in [4.69, 9.17) is 0 Å². The van der Waals surface area contributed by atoms with Crippen LogP contribution >= 0.6 is 11.8 Å². The van der Waals surface area contributed by atoms with Crippen LogP contribution in [-0.2, 0) is 21.9 Å². The minimum Gasteiger partial charge on any atom is -0.352 e. The average molecular weight is 413 g/mol. The molecular weight excluding hydrogens is 380 g/mol. The van der Waals surface area contributed by atoms with Crippen LogP contribution in [0.1, 0.15) is 43.0 Å². The number of hydrogen-bond acceptors (Lipinski definition) is 3. The Kier molecular flexibility index (Phi) is 8.77. The van der Waals surface area contributed by atoms with Gasteiger partial charge in [-0.15, -0.1) is 11.8 Å². The molecule has 156 valence electrons. The summed E-state index contributed by atoms with van der Waals surface area (Å²) in [7, 11) is 0. The van der Waals surface area contributed by atoms with Crippen molar-refractivity contribution in [2.45, 2.75) is 59.0 Å². The van der Waals surface area contributed by atoms with E-state index in [2.05, 4.69) is 24.4 Å². The maximum Gasteiger partial charge on any atom is 0.242 e. The second-order valence-electron chi connectivity index (χ2n) is 7.71. The van der Waals surface area contributed by atoms with Crippen molar-refractivity contribution in [3.63, 3.8) is 0 Å². The molecule has 0 saturated carbocycles. The van der Waals surface area contributed by atoms with E-state index in [1.807, 2.05) is 57.2 Å². The third-order valence-electron chi connectivity index (χ3n) is 4.94. The first-order chi connectivity index (χ1) is 13.8. The van der Waals surface area contributed by atoms with E-state index >= 15 is 0 Å². The monoisotopic (exact) mass is 412 g/mol. The molecule has 2 rings (SSSR count). The first kappa shape index (κ1) is 23.0. The fourth-order valence-corrected chi connectivity index (χ4v) is 4.05. The van der Waals surface area contributed by atoms with Gasteiger partial charge in [0, 0.05) is 18.3 Å². The summed E-state index contributed by atoms with van der Waals surface area (Å²) >= 11 is 1.59. The molecule has 0 bridgehead atoms. The van der Waals surface area contributed by atoms with Crippen molar-refractivity contribution in [2.24, 2.45) is 0 Å². The Morgan fingerprint density at radius 3 is 2.03 bits per heavy atom. The third kappa shape index (κ3) is 6.93. The van der Waals surface area contributed by atoms with Crippen LogP contribution in [0.2, 0.25) is 0 Å². The summed E-state index contributed by atoms with van der Waals surface area (Å²) in [5.74, 6) is 0.993. The van der Waals surface area contributed by atoms with Gasteiger partial charge in [0.2, 0.25) is 11.8 Å². The molecule has 0 aliphatic carbocycles. The van der Waals surface area contributed by atoms with Crippen molar-refractivity contribution in [3.05, 3.63) is 70.8 Å². The van der Waals surface area contributed by atoms with Crippen LogP contribution in [-0.4, -0.2) is 34.6 Å². The maximum atomic E-state index is 13.1. The number of carbonyl (C=O) groups excluding carboxylic acids is 2. The Hall–Kier alpha value is -2.27. The van der Waals surface area contributed by atoms with Crippen LogP contribution in [0.4, 0.5) is 0 Å². The lowest BCUT2D eigenvalue weighted by Crippen LogP contribution is -2.49. The quantitative estimate of drug-likeness (QED) is 0.661. The summed E-state index contributed by atoms with van der Waals surface area (Å²) < 4.78 is 0. The number of benzene rings is 2. The van der Waals surface area contributed by atoms with Crippen LogP contribution in [0.15, 0.2) is 48.5 Å². The van der Waals surface area contributed by atoms with Crippen LogP contribution in [0.25, 0.3) is 0 Å². The summed E-state index contributed by atoms with van der Waals surface area (Å²) in [6.45, 7) is 10.2. The summed E-state index contributed by atoms with van der Waals surface area (Å²) in [4.78, 5) is 27.4. The molecule has 5 heteroatoms. The Morgan fingerprint density at radius 1 is 0.931 bits per heavy atom. The zero-order valence-corrected chi connectivity index (χ0v) is 18.9. The lowest BCUT2D eigenvalue weighted by Gasteiger charge is -2.30. The van der Waals surface area contributed by atoms with Crippen LogP contribution < -0.4 is 5.32 Å². The number of aryl methyl sites for hydroxylation is 2. The molecule has 0 aliphatic heterocycles. The van der Waals surface area contributed by atoms with Gasteiger partial charge in [-0.2, -0.15) is 0 Å². The van der Waals surface area contributed by atoms with E-state index in [0.29, 0.717) is 12.3 Å². The van der Waals surface area contributed by atoms with E-state index in [1.54, 1.807) is 23.6 Å². The van der Waals surface area contributed by atoms with Gasteiger partial charge >= 0.3 is 0 Å². The Labute approximate surface area is 179 Å². The molecule has 2 aromatic carbocycles. The van der Waals surface area contributed by atoms with Gasteiger partial charge in [-0.25, -0.2) is 0 Å². The topological polar surface area (TPSA) is 49.4 Å². The van der Waals surface area contributed by atoms with Gasteiger partial charge in [0.25, 0.3) is 0 Å². The number of hydrogen-bond donors (Lipinski definition) is 1. The highest BCUT2D eigenvalue weighted by Gasteiger charge is 2.26. The molecule has 1 atom stereocenters. The molecule has 0 radical (unpaired) electrons. The maximum absolute atomic E-state index is 13.1. The van der Waals surface area contributed by atoms with Crippen molar-refractivity contribution in [3.8, 4) is 0 Å². The zero-order valence-electron chi connectivity index (χ0n) is 18.1. The molecule has 0 aromatic heterocycles. The molecule has 2 aromatic rings. The summed E-state index contributed by atoms with van der Waals surface area (Å²) in [6, 6.07) is 15.7. The highest BCUT2D eigenvalue weighted by atomic mass is 32.2. The predicted octanol–water partition coefficient (Wildman–Crippen LogP) is 4.48. The molecule has 0 saturated heterocycles. The Bertz CT molecular complexity index is 835. The molecule has 2 amide bonds. The van der Waals surface area contributed by atoms with Gasteiger partial charge in [0.15, 0.2) is 0 Å². The first-order valence-electron chi connectivity index (χ1n) is 10.1. The molecule has 4 nitrogen and oxygen atoms in total. The minimum atomic E-state index is -0.524. The Balaban J connectivity index is 2.10. The second kappa shape index (κ2) is 11.1. The highest BCUT2D eigenvalue weighted by molar-refractivity contribution is 7.99. The SMILES string of the molecule is Cc1ccccc1CSCC(=O)N(Cc1ccccc1C)[C@@H](C)C(=O)NC(C)C. The molecule has 29 heavy (non-hydrogen) atoms. The van der Waals surface area contributed by atoms with Crippen molar-refractivity contribution in [1.82, 2.24) is 10.2 Å². The van der Waals surface area contributed by atoms with Crippen molar-refractivity contribution in [1.29, 1.82) is 0 Å². The number of nitrogens with one attached hydrogen (secondary N) is 1. The average Bonchev–Trinajstić information content (AvgIpc) is 2.67. The van der Waals surface area contributed by atoms with Gasteiger partial charge < -0.3 is 10.2 Å². The first-order valence-corrected chi connectivity index (χ1v) is 11.2. The normalized spacial score (nSPS) is 11.9. The number of amides is 2. The molecule has 0 aliphatic rings. The smallest absolute Gasteiger partial charge is 0.242 e. The van der Waals surface area contributed by atoms with Gasteiger partial charge in [-0.1, -0.05) is 48.5 Å². The number of thioether (sulfide) groups is 1. The van der Waals surface area contributed by atoms with E-state index in [0.717, 1.165) is 16.9 Å².